The highest BCUT2D eigenvalue weighted by molar-refractivity contribution is 5.77. The number of hydrogen-bond donors (Lipinski definition) is 3. The Kier molecular flexibility index (Phi) is 10.6. The van der Waals surface area contributed by atoms with E-state index in [2.05, 4.69) is 10.2 Å². The van der Waals surface area contributed by atoms with Crippen LogP contribution in [0.5, 0.6) is 0 Å². The summed E-state index contributed by atoms with van der Waals surface area (Å²) in [6.45, 7) is -0.302. The Labute approximate surface area is 212 Å². The van der Waals surface area contributed by atoms with Crippen LogP contribution in [0, 0.1) is 17.5 Å². The summed E-state index contributed by atoms with van der Waals surface area (Å²) in [7, 11) is 0. The van der Waals surface area contributed by atoms with Crippen LogP contribution in [0.15, 0.2) is 12.1 Å². The summed E-state index contributed by atoms with van der Waals surface area (Å²) in [5.41, 5.74) is 5.64. The molecule has 1 aliphatic heterocycles. The SMILES string of the molecule is N[C@@H](CC(=O)N1CCn2c(nnc2C(F)(F)F)C1)Cc1cc(F)c(F)cc1F.O=C(O)CCCCC(=O)O. The number of carboxylic acid groups (broad SMARTS) is 2. The van der Waals surface area contributed by atoms with Gasteiger partial charge in [-0.3, -0.25) is 14.4 Å². The number of unbranched alkanes of at least 4 members (excludes halogenated alkanes) is 1. The maximum Gasteiger partial charge on any atom is 0.451 e. The molecule has 0 fully saturated rings. The average molecular weight is 553 g/mol. The third-order valence-electron chi connectivity index (χ3n) is 5.40. The van der Waals surface area contributed by atoms with Gasteiger partial charge in [-0.05, 0) is 30.9 Å². The van der Waals surface area contributed by atoms with Gasteiger partial charge in [0.2, 0.25) is 11.7 Å². The number of halogens is 6. The summed E-state index contributed by atoms with van der Waals surface area (Å²) in [6, 6.07) is 0.184. The molecule has 0 bridgehead atoms. The fourth-order valence-electron chi connectivity index (χ4n) is 3.56. The molecule has 1 aromatic carbocycles. The highest BCUT2D eigenvalue weighted by Crippen LogP contribution is 2.29. The van der Waals surface area contributed by atoms with Gasteiger partial charge < -0.3 is 25.4 Å². The third kappa shape index (κ3) is 9.00. The van der Waals surface area contributed by atoms with Crippen LogP contribution in [0.1, 0.15) is 49.3 Å². The first-order valence-electron chi connectivity index (χ1n) is 11.3. The summed E-state index contributed by atoms with van der Waals surface area (Å²) in [4.78, 5) is 33.4. The number of nitrogens with two attached hydrogens (primary N) is 1. The molecule has 2 heterocycles. The van der Waals surface area contributed by atoms with Gasteiger partial charge in [-0.25, -0.2) is 13.2 Å². The van der Waals surface area contributed by atoms with Gasteiger partial charge in [0, 0.05) is 44.5 Å². The molecule has 0 aliphatic carbocycles. The van der Waals surface area contributed by atoms with Crippen molar-refractivity contribution in [3.8, 4) is 0 Å². The summed E-state index contributed by atoms with van der Waals surface area (Å²) < 4.78 is 79.3. The molecule has 4 N–H and O–H groups in total. The van der Waals surface area contributed by atoms with E-state index in [4.69, 9.17) is 15.9 Å². The fourth-order valence-corrected chi connectivity index (χ4v) is 3.56. The highest BCUT2D eigenvalue weighted by atomic mass is 19.4. The van der Waals surface area contributed by atoms with Crippen LogP contribution in [-0.4, -0.2) is 60.3 Å². The highest BCUT2D eigenvalue weighted by Gasteiger charge is 2.40. The molecule has 1 aromatic heterocycles. The van der Waals surface area contributed by atoms with Crippen LogP contribution >= 0.6 is 0 Å². The van der Waals surface area contributed by atoms with Gasteiger partial charge in [0.1, 0.15) is 5.82 Å². The van der Waals surface area contributed by atoms with Crippen molar-refractivity contribution in [3.05, 3.63) is 46.8 Å². The number of amides is 1. The number of carbonyl (C=O) groups is 3. The van der Waals surface area contributed by atoms with E-state index in [1.165, 1.54) is 4.90 Å². The number of carbonyl (C=O) groups excluding carboxylic acids is 1. The Bertz CT molecular complexity index is 1140. The van der Waals surface area contributed by atoms with Crippen LogP contribution in [0.3, 0.4) is 0 Å². The Morgan fingerprint density at radius 2 is 1.53 bits per heavy atom. The normalized spacial score (nSPS) is 13.8. The van der Waals surface area contributed by atoms with Crippen LogP contribution in [0.4, 0.5) is 26.3 Å². The average Bonchev–Trinajstić information content (AvgIpc) is 3.24. The number of nitrogens with zero attached hydrogens (tertiary/aromatic N) is 4. The minimum Gasteiger partial charge on any atom is -0.481 e. The first-order valence-corrected chi connectivity index (χ1v) is 11.3. The molecule has 0 saturated carbocycles. The van der Waals surface area contributed by atoms with E-state index in [9.17, 15) is 40.7 Å². The molecule has 0 spiro atoms. The van der Waals surface area contributed by atoms with Crippen molar-refractivity contribution in [1.82, 2.24) is 19.7 Å². The van der Waals surface area contributed by atoms with Crippen molar-refractivity contribution in [2.75, 3.05) is 6.54 Å². The Morgan fingerprint density at radius 3 is 2.08 bits per heavy atom. The molecule has 10 nitrogen and oxygen atoms in total. The van der Waals surface area contributed by atoms with Crippen molar-refractivity contribution in [3.63, 3.8) is 0 Å². The molecule has 0 unspecified atom stereocenters. The summed E-state index contributed by atoms with van der Waals surface area (Å²) in [6.07, 6.45) is -4.09. The maximum absolute atomic E-state index is 13.7. The van der Waals surface area contributed by atoms with Crippen molar-refractivity contribution in [2.24, 2.45) is 5.73 Å². The second-order valence-corrected chi connectivity index (χ2v) is 8.43. The van der Waals surface area contributed by atoms with E-state index in [1.54, 1.807) is 0 Å². The summed E-state index contributed by atoms with van der Waals surface area (Å²) >= 11 is 0. The monoisotopic (exact) mass is 553 g/mol. The lowest BCUT2D eigenvalue weighted by molar-refractivity contribution is -0.148. The van der Waals surface area contributed by atoms with Gasteiger partial charge in [-0.2, -0.15) is 13.2 Å². The summed E-state index contributed by atoms with van der Waals surface area (Å²) in [5, 5.41) is 22.9. The zero-order valence-electron chi connectivity index (χ0n) is 19.8. The summed E-state index contributed by atoms with van der Waals surface area (Å²) in [5.74, 6) is -6.89. The molecule has 2 aromatic rings. The number of benzene rings is 1. The molecular weight excluding hydrogens is 528 g/mol. The van der Waals surface area contributed by atoms with Crippen LogP contribution in [0.2, 0.25) is 0 Å². The lowest BCUT2D eigenvalue weighted by Crippen LogP contribution is -2.42. The molecule has 0 radical (unpaired) electrons. The Balaban J connectivity index is 0.000000432. The number of aliphatic carboxylic acids is 2. The van der Waals surface area contributed by atoms with Crippen LogP contribution in [0.25, 0.3) is 0 Å². The van der Waals surface area contributed by atoms with Gasteiger partial charge in [-0.15, -0.1) is 10.2 Å². The second-order valence-electron chi connectivity index (χ2n) is 8.43. The first-order chi connectivity index (χ1) is 17.7. The molecule has 1 amide bonds. The maximum atomic E-state index is 13.7. The number of fused-ring (bicyclic) bond motifs is 1. The molecule has 16 heteroatoms. The van der Waals surface area contributed by atoms with Crippen molar-refractivity contribution in [1.29, 1.82) is 0 Å². The topological polar surface area (TPSA) is 152 Å². The van der Waals surface area contributed by atoms with Crippen molar-refractivity contribution >= 4 is 17.8 Å². The lowest BCUT2D eigenvalue weighted by atomic mass is 10.0. The Hall–Kier alpha value is -3.69. The van der Waals surface area contributed by atoms with E-state index in [-0.39, 0.29) is 56.7 Å². The lowest BCUT2D eigenvalue weighted by Gasteiger charge is -2.29. The minimum absolute atomic E-state index is 0.000783. The van der Waals surface area contributed by atoms with Gasteiger partial charge >= 0.3 is 18.1 Å². The predicted molar refractivity (Wildman–Crippen MR) is 117 cm³/mol. The van der Waals surface area contributed by atoms with Crippen molar-refractivity contribution < 1.29 is 50.9 Å². The molecule has 3 rings (SSSR count). The van der Waals surface area contributed by atoms with Gasteiger partial charge in [-0.1, -0.05) is 0 Å². The van der Waals surface area contributed by atoms with Crippen molar-refractivity contribution in [2.45, 2.75) is 63.8 Å². The molecule has 0 saturated heterocycles. The molecule has 38 heavy (non-hydrogen) atoms. The van der Waals surface area contributed by atoms with E-state index in [0.29, 0.717) is 25.0 Å². The molecular formula is C22H25F6N5O5. The molecule has 1 aliphatic rings. The minimum atomic E-state index is -4.64. The van der Waals surface area contributed by atoms with Gasteiger partial charge in [0.25, 0.3) is 0 Å². The number of rotatable bonds is 9. The number of alkyl halides is 3. The van der Waals surface area contributed by atoms with Crippen LogP contribution in [-0.2, 0) is 40.1 Å². The van der Waals surface area contributed by atoms with Crippen LogP contribution < -0.4 is 5.73 Å². The number of hydrogen-bond acceptors (Lipinski definition) is 6. The molecule has 1 atom stereocenters. The largest absolute Gasteiger partial charge is 0.481 e. The van der Waals surface area contributed by atoms with E-state index in [0.717, 1.165) is 4.57 Å². The quantitative estimate of drug-likeness (QED) is 0.244. The Morgan fingerprint density at radius 1 is 0.947 bits per heavy atom. The van der Waals surface area contributed by atoms with E-state index >= 15 is 0 Å². The number of aromatic nitrogens is 3. The standard InChI is InChI=1S/C16H15F6N5O.C6H10O4/c17-10-6-12(19)11(18)4-8(10)3-9(23)5-14(28)26-1-2-27-13(7-26)24-25-15(27)16(20,21)22;7-5(8)3-1-2-4-6(9)10/h4,6,9H,1-3,5,7,23H2;1-4H2,(H,7,8)(H,9,10)/t9-;/m1./s1. The predicted octanol–water partition coefficient (Wildman–Crippen LogP) is 2.73. The van der Waals surface area contributed by atoms with Gasteiger partial charge in [0.05, 0.1) is 6.54 Å². The smallest absolute Gasteiger partial charge is 0.451 e. The zero-order valence-corrected chi connectivity index (χ0v) is 19.8. The fraction of sp³-hybridized carbons (Fsp3) is 0.500. The second kappa shape index (κ2) is 13.2. The van der Waals surface area contributed by atoms with E-state index in [1.807, 2.05) is 0 Å². The molecule has 210 valence electrons. The van der Waals surface area contributed by atoms with E-state index < -0.39 is 53.3 Å². The first kappa shape index (κ1) is 30.5. The van der Waals surface area contributed by atoms with Gasteiger partial charge in [0.15, 0.2) is 17.5 Å². The third-order valence-corrected chi connectivity index (χ3v) is 5.40. The zero-order chi connectivity index (χ0) is 28.6. The number of carboxylic acids is 2.